The van der Waals surface area contributed by atoms with Crippen LogP contribution >= 0.6 is 0 Å². The zero-order chi connectivity index (χ0) is 20.1. The third-order valence-electron chi connectivity index (χ3n) is 4.04. The number of rotatable bonds is 6. The summed E-state index contributed by atoms with van der Waals surface area (Å²) in [5.74, 6) is 1.12. The van der Waals surface area contributed by atoms with Gasteiger partial charge in [0.15, 0.2) is 0 Å². The number of hydrogen-bond donors (Lipinski definition) is 2. The first-order valence-corrected chi connectivity index (χ1v) is 8.73. The highest BCUT2D eigenvalue weighted by Crippen LogP contribution is 2.28. The van der Waals surface area contributed by atoms with Crippen molar-refractivity contribution < 1.29 is 18.7 Å². The maximum Gasteiger partial charge on any atom is 0.230 e. The topological polar surface area (TPSA) is 93.5 Å². The van der Waals surface area contributed by atoms with Crippen molar-refractivity contribution in [2.45, 2.75) is 20.3 Å². The number of nitrogens with one attached hydrogen (secondary N) is 2. The summed E-state index contributed by atoms with van der Waals surface area (Å²) in [7, 11) is 1.51. The fourth-order valence-electron chi connectivity index (χ4n) is 2.73. The molecule has 28 heavy (non-hydrogen) atoms. The normalized spacial score (nSPS) is 10.4. The van der Waals surface area contributed by atoms with Gasteiger partial charge >= 0.3 is 0 Å². The highest BCUT2D eigenvalue weighted by atomic mass is 16.5. The summed E-state index contributed by atoms with van der Waals surface area (Å²) in [5, 5.41) is 5.48. The molecule has 0 aliphatic heterocycles. The van der Waals surface area contributed by atoms with E-state index >= 15 is 0 Å². The minimum atomic E-state index is -0.241. The molecule has 2 aromatic carbocycles. The van der Waals surface area contributed by atoms with E-state index in [4.69, 9.17) is 9.15 Å². The molecular weight excluding hydrogens is 358 g/mol. The maximum atomic E-state index is 12.5. The first-order chi connectivity index (χ1) is 13.5. The summed E-state index contributed by atoms with van der Waals surface area (Å²) in [6.07, 6.45) is 0.0731. The van der Waals surface area contributed by atoms with E-state index in [9.17, 15) is 9.59 Å². The van der Waals surface area contributed by atoms with E-state index in [2.05, 4.69) is 15.6 Å². The van der Waals surface area contributed by atoms with Crippen molar-refractivity contribution in [3.8, 4) is 17.2 Å². The first kappa shape index (κ1) is 19.2. The average molecular weight is 379 g/mol. The Morgan fingerprint density at radius 3 is 2.54 bits per heavy atom. The van der Waals surface area contributed by atoms with E-state index in [1.807, 2.05) is 30.3 Å². The van der Waals surface area contributed by atoms with Gasteiger partial charge < -0.3 is 19.8 Å². The fourth-order valence-corrected chi connectivity index (χ4v) is 2.73. The van der Waals surface area contributed by atoms with E-state index in [-0.39, 0.29) is 18.2 Å². The molecule has 3 rings (SSSR count). The second-order valence-electron chi connectivity index (χ2n) is 6.21. The van der Waals surface area contributed by atoms with Gasteiger partial charge in [-0.25, -0.2) is 4.98 Å². The van der Waals surface area contributed by atoms with Gasteiger partial charge in [0, 0.05) is 18.2 Å². The molecule has 7 heteroatoms. The first-order valence-electron chi connectivity index (χ1n) is 8.73. The molecule has 0 spiro atoms. The number of benzene rings is 2. The Hall–Kier alpha value is -3.61. The van der Waals surface area contributed by atoms with Crippen LogP contribution in [0.2, 0.25) is 0 Å². The molecule has 144 valence electrons. The van der Waals surface area contributed by atoms with Crippen LogP contribution in [-0.4, -0.2) is 23.9 Å². The number of oxazole rings is 1. The molecular formula is C21H21N3O4. The number of carbonyl (C=O) groups excluding carboxylic acids is 2. The summed E-state index contributed by atoms with van der Waals surface area (Å²) in [4.78, 5) is 28.2. The van der Waals surface area contributed by atoms with Crippen molar-refractivity contribution in [1.29, 1.82) is 0 Å². The smallest absolute Gasteiger partial charge is 0.230 e. The lowest BCUT2D eigenvalue weighted by Gasteiger charge is -2.11. The Morgan fingerprint density at radius 1 is 1.11 bits per heavy atom. The standard InChI is InChI=1S/C21H21N3O4/c1-13-17(24-21(28-13)15-7-5-4-6-8-15)12-20(26)23-16-9-10-19(27-3)18(11-16)22-14(2)25/h4-11H,12H2,1-3H3,(H,22,25)(H,23,26). The van der Waals surface area contributed by atoms with Crippen LogP contribution in [-0.2, 0) is 16.0 Å². The summed E-state index contributed by atoms with van der Waals surface area (Å²) in [6, 6.07) is 14.5. The third kappa shape index (κ3) is 4.56. The molecule has 0 saturated heterocycles. The number of anilines is 2. The number of ether oxygens (including phenoxy) is 1. The Morgan fingerprint density at radius 2 is 1.86 bits per heavy atom. The molecule has 2 N–H and O–H groups in total. The van der Waals surface area contributed by atoms with Crippen LogP contribution < -0.4 is 15.4 Å². The quantitative estimate of drug-likeness (QED) is 0.679. The highest BCUT2D eigenvalue weighted by Gasteiger charge is 2.15. The van der Waals surface area contributed by atoms with Crippen molar-refractivity contribution in [3.63, 3.8) is 0 Å². The van der Waals surface area contributed by atoms with Crippen molar-refractivity contribution in [1.82, 2.24) is 4.98 Å². The molecule has 7 nitrogen and oxygen atoms in total. The number of hydrogen-bond acceptors (Lipinski definition) is 5. The molecule has 0 unspecified atom stereocenters. The number of aromatic nitrogens is 1. The highest BCUT2D eigenvalue weighted by molar-refractivity contribution is 5.95. The van der Waals surface area contributed by atoms with Crippen LogP contribution in [0.25, 0.3) is 11.5 Å². The Bertz CT molecular complexity index is 996. The number of carbonyl (C=O) groups is 2. The van der Waals surface area contributed by atoms with Crippen molar-refractivity contribution >= 4 is 23.2 Å². The largest absolute Gasteiger partial charge is 0.495 e. The Balaban J connectivity index is 1.72. The number of methoxy groups -OCH3 is 1. The summed E-state index contributed by atoms with van der Waals surface area (Å²) >= 11 is 0. The van der Waals surface area contributed by atoms with Crippen LogP contribution in [0.4, 0.5) is 11.4 Å². The second-order valence-corrected chi connectivity index (χ2v) is 6.21. The summed E-state index contributed by atoms with van der Waals surface area (Å²) in [6.45, 7) is 3.19. The predicted octanol–water partition coefficient (Wildman–Crippen LogP) is 3.80. The van der Waals surface area contributed by atoms with Gasteiger partial charge in [-0.2, -0.15) is 0 Å². The van der Waals surface area contributed by atoms with E-state index in [0.717, 1.165) is 5.56 Å². The van der Waals surface area contributed by atoms with E-state index in [0.29, 0.717) is 34.5 Å². The third-order valence-corrected chi connectivity index (χ3v) is 4.04. The van der Waals surface area contributed by atoms with Crippen LogP contribution in [0.1, 0.15) is 18.4 Å². The van der Waals surface area contributed by atoms with Gasteiger partial charge in [-0.15, -0.1) is 0 Å². The lowest BCUT2D eigenvalue weighted by Crippen LogP contribution is -2.15. The lowest BCUT2D eigenvalue weighted by molar-refractivity contribution is -0.116. The molecule has 1 aromatic heterocycles. The fraction of sp³-hybridized carbons (Fsp3) is 0.190. The van der Waals surface area contributed by atoms with Crippen LogP contribution in [0.5, 0.6) is 5.75 Å². The average Bonchev–Trinajstić information content (AvgIpc) is 3.02. The lowest BCUT2D eigenvalue weighted by atomic mass is 10.2. The van der Waals surface area contributed by atoms with Gasteiger partial charge in [0.2, 0.25) is 17.7 Å². The van der Waals surface area contributed by atoms with Crippen molar-refractivity contribution in [2.24, 2.45) is 0 Å². The molecule has 0 atom stereocenters. The van der Waals surface area contributed by atoms with Gasteiger partial charge in [0.25, 0.3) is 0 Å². The molecule has 2 amide bonds. The Labute approximate surface area is 162 Å². The molecule has 3 aromatic rings. The molecule has 0 radical (unpaired) electrons. The summed E-state index contributed by atoms with van der Waals surface area (Å²) < 4.78 is 10.9. The van der Waals surface area contributed by atoms with Crippen molar-refractivity contribution in [3.05, 3.63) is 60.0 Å². The van der Waals surface area contributed by atoms with Crippen LogP contribution in [0.15, 0.2) is 52.9 Å². The number of amides is 2. The molecule has 1 heterocycles. The molecule has 0 aliphatic carbocycles. The molecule has 0 aliphatic rings. The van der Waals surface area contributed by atoms with Gasteiger partial charge in [-0.1, -0.05) is 18.2 Å². The van der Waals surface area contributed by atoms with Gasteiger partial charge in [-0.05, 0) is 37.3 Å². The Kier molecular flexibility index (Phi) is 5.74. The minimum absolute atomic E-state index is 0.0731. The van der Waals surface area contributed by atoms with Gasteiger partial charge in [0.1, 0.15) is 11.5 Å². The molecule has 0 bridgehead atoms. The van der Waals surface area contributed by atoms with Crippen molar-refractivity contribution in [2.75, 3.05) is 17.7 Å². The van der Waals surface area contributed by atoms with Gasteiger partial charge in [-0.3, -0.25) is 9.59 Å². The van der Waals surface area contributed by atoms with Gasteiger partial charge in [0.05, 0.1) is 24.9 Å². The number of aryl methyl sites for hydroxylation is 1. The van der Waals surface area contributed by atoms with E-state index < -0.39 is 0 Å². The second kappa shape index (κ2) is 8.39. The van der Waals surface area contributed by atoms with E-state index in [1.165, 1.54) is 14.0 Å². The SMILES string of the molecule is COc1ccc(NC(=O)Cc2nc(-c3ccccc3)oc2C)cc1NC(C)=O. The molecule has 0 fully saturated rings. The van der Waals surface area contributed by atoms with E-state index in [1.54, 1.807) is 25.1 Å². The minimum Gasteiger partial charge on any atom is -0.495 e. The zero-order valence-corrected chi connectivity index (χ0v) is 15.9. The van der Waals surface area contributed by atoms with Crippen LogP contribution in [0, 0.1) is 6.92 Å². The molecule has 0 saturated carbocycles. The summed E-state index contributed by atoms with van der Waals surface area (Å²) in [5.41, 5.74) is 2.45. The predicted molar refractivity (Wildman–Crippen MR) is 106 cm³/mol. The number of nitrogens with zero attached hydrogens (tertiary/aromatic N) is 1. The van der Waals surface area contributed by atoms with Crippen LogP contribution in [0.3, 0.4) is 0 Å². The monoisotopic (exact) mass is 379 g/mol. The zero-order valence-electron chi connectivity index (χ0n) is 15.9. The maximum absolute atomic E-state index is 12.5.